The molecule has 0 aliphatic heterocycles. The topological polar surface area (TPSA) is 67.4 Å². The van der Waals surface area contributed by atoms with E-state index in [0.29, 0.717) is 4.90 Å². The van der Waals surface area contributed by atoms with E-state index in [4.69, 9.17) is 4.74 Å². The molecule has 2 amide bonds. The van der Waals surface area contributed by atoms with Crippen LogP contribution in [0.5, 0.6) is 5.75 Å². The summed E-state index contributed by atoms with van der Waals surface area (Å²) in [5, 5.41) is 0. The average molecular weight is 366 g/mol. The van der Waals surface area contributed by atoms with Gasteiger partial charge in [0.05, 0.1) is 5.75 Å². The molecule has 132 valence electrons. The summed E-state index contributed by atoms with van der Waals surface area (Å²) in [5.74, 6) is -2.31. The number of benzene rings is 2. The fourth-order valence-corrected chi connectivity index (χ4v) is 2.50. The Labute approximate surface area is 147 Å². The summed E-state index contributed by atoms with van der Waals surface area (Å²) in [5.41, 5.74) is 4.38. The molecule has 2 aromatic carbocycles. The van der Waals surface area contributed by atoms with Crippen molar-refractivity contribution >= 4 is 23.6 Å². The Balaban J connectivity index is 1.76. The Kier molecular flexibility index (Phi) is 6.76. The van der Waals surface area contributed by atoms with Crippen LogP contribution in [-0.4, -0.2) is 23.7 Å². The van der Waals surface area contributed by atoms with E-state index in [2.05, 4.69) is 10.9 Å². The van der Waals surface area contributed by atoms with Gasteiger partial charge < -0.3 is 4.74 Å². The Morgan fingerprint density at radius 1 is 1.04 bits per heavy atom. The molecule has 0 aromatic heterocycles. The zero-order valence-electron chi connectivity index (χ0n) is 13.3. The highest BCUT2D eigenvalue weighted by atomic mass is 32.2. The van der Waals surface area contributed by atoms with Crippen LogP contribution < -0.4 is 15.6 Å². The molecular weight excluding hydrogens is 350 g/mol. The molecule has 0 saturated carbocycles. The predicted octanol–water partition coefficient (Wildman–Crippen LogP) is 2.67. The van der Waals surface area contributed by atoms with Crippen LogP contribution in [0.4, 0.5) is 8.78 Å². The minimum Gasteiger partial charge on any atom is -0.478 e. The molecule has 0 spiro atoms. The number of hydrogen-bond donors (Lipinski definition) is 2. The van der Waals surface area contributed by atoms with Crippen LogP contribution in [0.1, 0.15) is 6.92 Å². The summed E-state index contributed by atoms with van der Waals surface area (Å²) in [6.45, 7) is 1.42. The molecule has 0 fully saturated rings. The summed E-state index contributed by atoms with van der Waals surface area (Å²) in [7, 11) is 0. The molecule has 0 radical (unpaired) electrons. The molecule has 5 nitrogen and oxygen atoms in total. The van der Waals surface area contributed by atoms with Crippen LogP contribution in [0, 0.1) is 11.6 Å². The maximum Gasteiger partial charge on any atom is 0.279 e. The number of carbonyl (C=O) groups excluding carboxylic acids is 2. The Bertz CT molecular complexity index is 758. The van der Waals surface area contributed by atoms with Crippen LogP contribution in [0.25, 0.3) is 0 Å². The summed E-state index contributed by atoms with van der Waals surface area (Å²) >= 11 is 1.00. The zero-order chi connectivity index (χ0) is 18.2. The standard InChI is InChI=1S/C17H16F2N2O3S/c1-11(24-14-8-4-2-6-12(14)18)17(23)21-20-16(22)10-25-15-9-5-3-7-13(15)19/h2-9,11H,10H2,1H3,(H,20,22)(H,21,23). The SMILES string of the molecule is CC(Oc1ccccc1F)C(=O)NNC(=O)CSc1ccccc1F. The molecule has 25 heavy (non-hydrogen) atoms. The molecule has 0 bridgehead atoms. The van der Waals surface area contributed by atoms with Crippen LogP contribution in [0.15, 0.2) is 53.4 Å². The number of thioether (sulfide) groups is 1. The molecule has 2 aromatic rings. The van der Waals surface area contributed by atoms with Crippen molar-refractivity contribution in [2.24, 2.45) is 0 Å². The fraction of sp³-hybridized carbons (Fsp3) is 0.176. The van der Waals surface area contributed by atoms with E-state index >= 15 is 0 Å². The van der Waals surface area contributed by atoms with Crippen LogP contribution >= 0.6 is 11.8 Å². The van der Waals surface area contributed by atoms with Crippen molar-refractivity contribution in [1.82, 2.24) is 10.9 Å². The molecule has 1 atom stereocenters. The predicted molar refractivity (Wildman–Crippen MR) is 89.9 cm³/mol. The quantitative estimate of drug-likeness (QED) is 0.609. The molecule has 2 rings (SSSR count). The number of hydrazine groups is 1. The van der Waals surface area contributed by atoms with Crippen LogP contribution in [-0.2, 0) is 9.59 Å². The van der Waals surface area contributed by atoms with Gasteiger partial charge in [-0.05, 0) is 31.2 Å². The van der Waals surface area contributed by atoms with Gasteiger partial charge in [-0.1, -0.05) is 24.3 Å². The van der Waals surface area contributed by atoms with Gasteiger partial charge in [0, 0.05) is 4.90 Å². The van der Waals surface area contributed by atoms with E-state index in [1.807, 2.05) is 0 Å². The highest BCUT2D eigenvalue weighted by Gasteiger charge is 2.17. The van der Waals surface area contributed by atoms with Crippen molar-refractivity contribution < 1.29 is 23.1 Å². The number of ether oxygens (including phenoxy) is 1. The van der Waals surface area contributed by atoms with Gasteiger partial charge in [0.25, 0.3) is 5.91 Å². The van der Waals surface area contributed by atoms with Crippen LogP contribution in [0.2, 0.25) is 0 Å². The molecular formula is C17H16F2N2O3S. The Morgan fingerprint density at radius 2 is 1.68 bits per heavy atom. The lowest BCUT2D eigenvalue weighted by atomic mass is 10.3. The lowest BCUT2D eigenvalue weighted by Gasteiger charge is -2.15. The van der Waals surface area contributed by atoms with Gasteiger partial charge in [0.15, 0.2) is 17.7 Å². The normalized spacial score (nSPS) is 11.5. The number of halogens is 2. The van der Waals surface area contributed by atoms with E-state index in [1.165, 1.54) is 31.2 Å². The largest absolute Gasteiger partial charge is 0.478 e. The second kappa shape index (κ2) is 9.03. The minimum absolute atomic E-state index is 0.0633. The van der Waals surface area contributed by atoms with Crippen molar-refractivity contribution in [1.29, 1.82) is 0 Å². The maximum atomic E-state index is 13.5. The maximum absolute atomic E-state index is 13.5. The smallest absolute Gasteiger partial charge is 0.279 e. The van der Waals surface area contributed by atoms with E-state index < -0.39 is 29.6 Å². The summed E-state index contributed by atoms with van der Waals surface area (Å²) in [6.07, 6.45) is -1.02. The summed E-state index contributed by atoms with van der Waals surface area (Å²) in [4.78, 5) is 23.9. The van der Waals surface area contributed by atoms with E-state index in [9.17, 15) is 18.4 Å². The average Bonchev–Trinajstić information content (AvgIpc) is 2.60. The van der Waals surface area contributed by atoms with Gasteiger partial charge in [0.2, 0.25) is 5.91 Å². The van der Waals surface area contributed by atoms with E-state index in [1.54, 1.807) is 24.3 Å². The van der Waals surface area contributed by atoms with Crippen molar-refractivity contribution in [3.8, 4) is 5.75 Å². The van der Waals surface area contributed by atoms with Gasteiger partial charge in [-0.2, -0.15) is 0 Å². The first-order valence-corrected chi connectivity index (χ1v) is 8.33. The third-order valence-corrected chi connectivity index (χ3v) is 4.08. The first-order valence-electron chi connectivity index (χ1n) is 7.34. The van der Waals surface area contributed by atoms with Crippen molar-refractivity contribution in [3.05, 3.63) is 60.2 Å². The highest BCUT2D eigenvalue weighted by molar-refractivity contribution is 8.00. The van der Waals surface area contributed by atoms with Gasteiger partial charge in [-0.3, -0.25) is 20.4 Å². The third-order valence-electron chi connectivity index (χ3n) is 3.03. The number of rotatable bonds is 6. The van der Waals surface area contributed by atoms with Gasteiger partial charge in [0.1, 0.15) is 5.82 Å². The van der Waals surface area contributed by atoms with Gasteiger partial charge in [-0.25, -0.2) is 8.78 Å². The first-order chi connectivity index (χ1) is 12.0. The minimum atomic E-state index is -1.02. The van der Waals surface area contributed by atoms with Gasteiger partial charge in [-0.15, -0.1) is 11.8 Å². The number of para-hydroxylation sites is 1. The number of hydrogen-bond acceptors (Lipinski definition) is 4. The summed E-state index contributed by atoms with van der Waals surface area (Å²) < 4.78 is 32.1. The van der Waals surface area contributed by atoms with Gasteiger partial charge >= 0.3 is 0 Å². The van der Waals surface area contributed by atoms with Crippen LogP contribution in [0.3, 0.4) is 0 Å². The highest BCUT2D eigenvalue weighted by Crippen LogP contribution is 2.20. The second-order valence-electron chi connectivity index (χ2n) is 4.95. The molecule has 8 heteroatoms. The molecule has 0 saturated heterocycles. The molecule has 1 unspecified atom stereocenters. The molecule has 0 heterocycles. The Morgan fingerprint density at radius 3 is 2.36 bits per heavy atom. The molecule has 2 N–H and O–H groups in total. The number of carbonyl (C=O) groups is 2. The van der Waals surface area contributed by atoms with Crippen molar-refractivity contribution in [2.45, 2.75) is 17.9 Å². The lowest BCUT2D eigenvalue weighted by molar-refractivity contribution is -0.132. The fourth-order valence-electron chi connectivity index (χ4n) is 1.76. The Hall–Kier alpha value is -2.61. The second-order valence-corrected chi connectivity index (χ2v) is 5.96. The first kappa shape index (κ1) is 18.7. The lowest BCUT2D eigenvalue weighted by Crippen LogP contribution is -2.47. The zero-order valence-corrected chi connectivity index (χ0v) is 14.1. The van der Waals surface area contributed by atoms with Crippen molar-refractivity contribution in [3.63, 3.8) is 0 Å². The molecule has 0 aliphatic carbocycles. The van der Waals surface area contributed by atoms with Crippen molar-refractivity contribution in [2.75, 3.05) is 5.75 Å². The molecule has 0 aliphatic rings. The third kappa shape index (κ3) is 5.75. The van der Waals surface area contributed by atoms with E-state index in [-0.39, 0.29) is 11.5 Å². The van der Waals surface area contributed by atoms with E-state index in [0.717, 1.165) is 11.8 Å². The summed E-state index contributed by atoms with van der Waals surface area (Å²) in [6, 6.07) is 11.7. The monoisotopic (exact) mass is 366 g/mol. The number of nitrogens with one attached hydrogen (secondary N) is 2. The number of amides is 2.